The van der Waals surface area contributed by atoms with Gasteiger partial charge >= 0.3 is 6.09 Å². The Hall–Kier alpha value is -1.64. The lowest BCUT2D eigenvalue weighted by atomic mass is 9.83. The summed E-state index contributed by atoms with van der Waals surface area (Å²) in [5.74, 6) is 0.567. The number of carbonyl (C=O) groups is 1. The van der Waals surface area contributed by atoms with Crippen LogP contribution in [0.15, 0.2) is 30.3 Å². The van der Waals surface area contributed by atoms with Crippen LogP contribution in [0.3, 0.4) is 0 Å². The van der Waals surface area contributed by atoms with E-state index in [0.29, 0.717) is 25.5 Å². The predicted molar refractivity (Wildman–Crippen MR) is 111 cm³/mol. The predicted octanol–water partition coefficient (Wildman–Crippen LogP) is 2.88. The van der Waals surface area contributed by atoms with E-state index in [2.05, 4.69) is 29.0 Å². The highest BCUT2D eigenvalue weighted by atomic mass is 32.2. The standard InChI is InChI=1S/C21H32N2O5S/c1-27-21(24)23-14-6-9-19(22-29(2,25)26)20(23)15-28-18-12-10-17(11-13-18)16-7-4-3-5-8-16/h3-5,7-8,17-20,22H,6,9-15H2,1-2H3/t17?,18?,19-,20-/m0/s1. The second kappa shape index (κ2) is 9.91. The first-order chi connectivity index (χ1) is 13.9. The van der Waals surface area contributed by atoms with Crippen LogP contribution < -0.4 is 4.72 Å². The van der Waals surface area contributed by atoms with E-state index in [9.17, 15) is 13.2 Å². The maximum atomic E-state index is 12.2. The minimum atomic E-state index is -3.38. The summed E-state index contributed by atoms with van der Waals surface area (Å²) < 4.78 is 37.3. The van der Waals surface area contributed by atoms with Crippen molar-refractivity contribution in [3.05, 3.63) is 35.9 Å². The lowest BCUT2D eigenvalue weighted by Crippen LogP contribution is -2.59. The molecule has 0 bridgehead atoms. The Bertz CT molecular complexity index is 763. The molecule has 1 aliphatic carbocycles. The molecule has 3 rings (SSSR count). The van der Waals surface area contributed by atoms with Gasteiger partial charge in [0.1, 0.15) is 0 Å². The number of likely N-dealkylation sites (tertiary alicyclic amines) is 1. The molecule has 1 aromatic carbocycles. The van der Waals surface area contributed by atoms with Gasteiger partial charge in [0.2, 0.25) is 10.0 Å². The van der Waals surface area contributed by atoms with Gasteiger partial charge in [-0.2, -0.15) is 0 Å². The maximum Gasteiger partial charge on any atom is 0.409 e. The van der Waals surface area contributed by atoms with Crippen LogP contribution in [0.2, 0.25) is 0 Å². The third-order valence-electron chi connectivity index (χ3n) is 6.00. The van der Waals surface area contributed by atoms with Crippen LogP contribution in [0.4, 0.5) is 4.79 Å². The van der Waals surface area contributed by atoms with Gasteiger partial charge in [0.15, 0.2) is 0 Å². The molecule has 1 saturated carbocycles. The van der Waals surface area contributed by atoms with Crippen LogP contribution in [0.5, 0.6) is 0 Å². The number of benzene rings is 1. The van der Waals surface area contributed by atoms with E-state index in [4.69, 9.17) is 9.47 Å². The Morgan fingerprint density at radius 3 is 2.45 bits per heavy atom. The summed E-state index contributed by atoms with van der Waals surface area (Å²) in [5, 5.41) is 0. The molecule has 1 saturated heterocycles. The molecule has 1 heterocycles. The van der Waals surface area contributed by atoms with Crippen LogP contribution in [0.25, 0.3) is 0 Å². The molecule has 2 aliphatic rings. The summed E-state index contributed by atoms with van der Waals surface area (Å²) in [7, 11) is -2.03. The van der Waals surface area contributed by atoms with Crippen molar-refractivity contribution < 1.29 is 22.7 Å². The summed E-state index contributed by atoms with van der Waals surface area (Å²) >= 11 is 0. The molecule has 29 heavy (non-hydrogen) atoms. The molecule has 1 aromatic rings. The zero-order valence-corrected chi connectivity index (χ0v) is 18.1. The lowest BCUT2D eigenvalue weighted by Gasteiger charge is -2.41. The fourth-order valence-corrected chi connectivity index (χ4v) is 5.37. The molecule has 1 N–H and O–H groups in total. The van der Waals surface area contributed by atoms with Gasteiger partial charge in [-0.15, -0.1) is 0 Å². The van der Waals surface area contributed by atoms with Crippen LogP contribution >= 0.6 is 0 Å². The molecule has 1 amide bonds. The number of amides is 1. The van der Waals surface area contributed by atoms with Crippen molar-refractivity contribution in [3.8, 4) is 0 Å². The fraction of sp³-hybridized carbons (Fsp3) is 0.667. The Morgan fingerprint density at radius 1 is 1.14 bits per heavy atom. The highest BCUT2D eigenvalue weighted by molar-refractivity contribution is 7.88. The summed E-state index contributed by atoms with van der Waals surface area (Å²) in [5.41, 5.74) is 1.38. The minimum Gasteiger partial charge on any atom is -0.453 e. The molecule has 2 atom stereocenters. The fourth-order valence-electron chi connectivity index (χ4n) is 4.54. The van der Waals surface area contributed by atoms with Gasteiger partial charge in [-0.3, -0.25) is 0 Å². The number of methoxy groups -OCH3 is 1. The molecule has 162 valence electrons. The zero-order valence-electron chi connectivity index (χ0n) is 17.2. The number of hydrogen-bond acceptors (Lipinski definition) is 5. The van der Waals surface area contributed by atoms with Crippen molar-refractivity contribution in [2.75, 3.05) is 26.5 Å². The van der Waals surface area contributed by atoms with Gasteiger partial charge < -0.3 is 14.4 Å². The van der Waals surface area contributed by atoms with Gasteiger partial charge in [-0.05, 0) is 50.0 Å². The number of hydrogen-bond donors (Lipinski definition) is 1. The number of nitrogens with zero attached hydrogens (tertiary/aromatic N) is 1. The van der Waals surface area contributed by atoms with E-state index < -0.39 is 16.1 Å². The number of carbonyl (C=O) groups excluding carboxylic acids is 1. The number of ether oxygens (including phenoxy) is 2. The average Bonchev–Trinajstić information content (AvgIpc) is 2.72. The molecule has 2 fully saturated rings. The Kier molecular flexibility index (Phi) is 7.54. The summed E-state index contributed by atoms with van der Waals surface area (Å²) in [6.07, 6.45) is 6.32. The number of rotatable bonds is 6. The van der Waals surface area contributed by atoms with Crippen LogP contribution in [-0.2, 0) is 19.5 Å². The van der Waals surface area contributed by atoms with Crippen LogP contribution in [-0.4, -0.2) is 64.1 Å². The summed E-state index contributed by atoms with van der Waals surface area (Å²) in [4.78, 5) is 13.8. The van der Waals surface area contributed by atoms with Gasteiger partial charge in [0.25, 0.3) is 0 Å². The largest absolute Gasteiger partial charge is 0.453 e. The van der Waals surface area contributed by atoms with E-state index in [-0.39, 0.29) is 18.2 Å². The molecule has 1 aliphatic heterocycles. The Balaban J connectivity index is 1.58. The minimum absolute atomic E-state index is 0.135. The van der Waals surface area contributed by atoms with Crippen molar-refractivity contribution in [1.29, 1.82) is 0 Å². The Labute approximate surface area is 173 Å². The second-order valence-corrected chi connectivity index (χ2v) is 9.87. The highest BCUT2D eigenvalue weighted by Gasteiger charge is 2.37. The van der Waals surface area contributed by atoms with Crippen molar-refractivity contribution in [2.45, 2.75) is 62.6 Å². The topological polar surface area (TPSA) is 84.9 Å². The third kappa shape index (κ3) is 6.17. The zero-order chi connectivity index (χ0) is 20.9. The smallest absolute Gasteiger partial charge is 0.409 e. The normalized spacial score (nSPS) is 28.1. The Morgan fingerprint density at radius 2 is 1.83 bits per heavy atom. The van der Waals surface area contributed by atoms with Gasteiger partial charge in [0.05, 0.1) is 32.1 Å². The first-order valence-electron chi connectivity index (χ1n) is 10.4. The number of nitrogens with one attached hydrogen (secondary N) is 1. The van der Waals surface area contributed by atoms with Crippen molar-refractivity contribution >= 4 is 16.1 Å². The van der Waals surface area contributed by atoms with Gasteiger partial charge in [-0.1, -0.05) is 30.3 Å². The second-order valence-electron chi connectivity index (χ2n) is 8.09. The SMILES string of the molecule is COC(=O)N1CCC[C@H](NS(C)(=O)=O)[C@@H]1COC1CCC(c2ccccc2)CC1. The van der Waals surface area contributed by atoms with Crippen molar-refractivity contribution in [3.63, 3.8) is 0 Å². The molecule has 0 unspecified atom stereocenters. The van der Waals surface area contributed by atoms with E-state index in [1.807, 2.05) is 6.07 Å². The van der Waals surface area contributed by atoms with E-state index in [1.165, 1.54) is 12.7 Å². The van der Waals surface area contributed by atoms with Gasteiger partial charge in [0, 0.05) is 12.6 Å². The summed E-state index contributed by atoms with van der Waals surface area (Å²) in [6, 6.07) is 9.84. The number of piperidine rings is 1. The van der Waals surface area contributed by atoms with Gasteiger partial charge in [-0.25, -0.2) is 17.9 Å². The molecule has 8 heteroatoms. The molecule has 0 aromatic heterocycles. The van der Waals surface area contributed by atoms with Crippen molar-refractivity contribution in [1.82, 2.24) is 9.62 Å². The molecule has 0 radical (unpaired) electrons. The van der Waals surface area contributed by atoms with Crippen molar-refractivity contribution in [2.24, 2.45) is 0 Å². The monoisotopic (exact) mass is 424 g/mol. The van der Waals surface area contributed by atoms with E-state index in [0.717, 1.165) is 38.4 Å². The third-order valence-corrected chi connectivity index (χ3v) is 6.73. The molecule has 7 nitrogen and oxygen atoms in total. The first-order valence-corrected chi connectivity index (χ1v) is 12.2. The first kappa shape index (κ1) is 22.1. The maximum absolute atomic E-state index is 12.2. The lowest BCUT2D eigenvalue weighted by molar-refractivity contribution is -0.0245. The molecular weight excluding hydrogens is 392 g/mol. The van der Waals surface area contributed by atoms with E-state index >= 15 is 0 Å². The quantitative estimate of drug-likeness (QED) is 0.759. The molecule has 0 spiro atoms. The van der Waals surface area contributed by atoms with Crippen LogP contribution in [0, 0.1) is 0 Å². The summed E-state index contributed by atoms with van der Waals surface area (Å²) in [6.45, 7) is 0.854. The van der Waals surface area contributed by atoms with Crippen LogP contribution in [0.1, 0.15) is 50.0 Å². The average molecular weight is 425 g/mol. The number of sulfonamides is 1. The molecular formula is C21H32N2O5S. The highest BCUT2D eigenvalue weighted by Crippen LogP contribution is 2.34. The van der Waals surface area contributed by atoms with E-state index in [1.54, 1.807) is 4.90 Å².